The summed E-state index contributed by atoms with van der Waals surface area (Å²) in [5, 5.41) is 12.3. The average Bonchev–Trinajstić information content (AvgIpc) is 3.07. The van der Waals surface area contributed by atoms with E-state index in [0.717, 1.165) is 33.5 Å². The molecular weight excluding hydrogens is 330 g/mol. The highest BCUT2D eigenvalue weighted by molar-refractivity contribution is 5.82. The fourth-order valence-electron chi connectivity index (χ4n) is 3.17. The van der Waals surface area contributed by atoms with Crippen LogP contribution in [0.5, 0.6) is 0 Å². The van der Waals surface area contributed by atoms with Crippen LogP contribution in [0.4, 0.5) is 0 Å². The smallest absolute Gasteiger partial charge is 0.189 e. The van der Waals surface area contributed by atoms with E-state index >= 15 is 0 Å². The number of ether oxygens (including phenoxy) is 1. The molecule has 0 amide bonds. The molecule has 2 heterocycles. The molecule has 0 aliphatic heterocycles. The van der Waals surface area contributed by atoms with Crippen molar-refractivity contribution in [1.82, 2.24) is 25.1 Å². The molecule has 0 saturated carbocycles. The molecule has 7 nitrogen and oxygen atoms in total. The van der Waals surface area contributed by atoms with Crippen LogP contribution < -0.4 is 10.7 Å². The Morgan fingerprint density at radius 3 is 2.88 bits per heavy atom. The van der Waals surface area contributed by atoms with Gasteiger partial charge in [-0.15, -0.1) is 10.2 Å². The molecule has 138 valence electrons. The second-order valence-electron chi connectivity index (χ2n) is 6.64. The number of fused-ring (bicyclic) bond motifs is 1. The minimum Gasteiger partial charge on any atom is -0.383 e. The van der Waals surface area contributed by atoms with Gasteiger partial charge in [0.2, 0.25) is 0 Å². The van der Waals surface area contributed by atoms with E-state index in [1.165, 1.54) is 0 Å². The van der Waals surface area contributed by atoms with E-state index < -0.39 is 0 Å². The van der Waals surface area contributed by atoms with E-state index in [1.54, 1.807) is 19.5 Å². The number of hydrogen-bond donors (Lipinski definition) is 2. The number of H-pyrrole nitrogens is 1. The van der Waals surface area contributed by atoms with Gasteiger partial charge in [-0.2, -0.15) is 0 Å². The van der Waals surface area contributed by atoms with E-state index in [9.17, 15) is 4.79 Å². The molecule has 0 spiro atoms. The van der Waals surface area contributed by atoms with Crippen LogP contribution in [0.2, 0.25) is 0 Å². The van der Waals surface area contributed by atoms with Gasteiger partial charge in [-0.05, 0) is 38.0 Å². The first-order valence-electron chi connectivity index (χ1n) is 8.72. The van der Waals surface area contributed by atoms with Crippen LogP contribution in [0.1, 0.15) is 35.6 Å². The summed E-state index contributed by atoms with van der Waals surface area (Å²) >= 11 is 0. The molecule has 0 unspecified atom stereocenters. The molecule has 1 aromatic carbocycles. The first kappa shape index (κ1) is 18.3. The topological polar surface area (TPSA) is 84.8 Å². The highest BCUT2D eigenvalue weighted by Gasteiger charge is 2.13. The third-order valence-electron chi connectivity index (χ3n) is 4.50. The SMILES string of the molecule is COCCn1cnnc1[C@H](C)NCc1cc(=O)c2cc(C)cc(C)c2[nH]1. The molecule has 1 atom stereocenters. The Bertz CT molecular complexity index is 960. The molecule has 0 aliphatic rings. The van der Waals surface area contributed by atoms with Gasteiger partial charge in [0.1, 0.15) is 12.2 Å². The van der Waals surface area contributed by atoms with E-state index in [0.29, 0.717) is 19.7 Å². The zero-order valence-corrected chi connectivity index (χ0v) is 15.7. The van der Waals surface area contributed by atoms with E-state index in [1.807, 2.05) is 31.4 Å². The number of methoxy groups -OCH3 is 1. The summed E-state index contributed by atoms with van der Waals surface area (Å²) in [7, 11) is 1.67. The molecule has 0 aliphatic carbocycles. The molecule has 0 radical (unpaired) electrons. The number of pyridine rings is 1. The lowest BCUT2D eigenvalue weighted by molar-refractivity contribution is 0.185. The van der Waals surface area contributed by atoms with Crippen molar-refractivity contribution in [3.63, 3.8) is 0 Å². The number of benzene rings is 1. The van der Waals surface area contributed by atoms with Crippen molar-refractivity contribution in [2.45, 2.75) is 39.9 Å². The van der Waals surface area contributed by atoms with Gasteiger partial charge in [0.25, 0.3) is 0 Å². The molecular formula is C19H25N5O2. The van der Waals surface area contributed by atoms with Crippen molar-refractivity contribution in [1.29, 1.82) is 0 Å². The first-order chi connectivity index (χ1) is 12.5. The van der Waals surface area contributed by atoms with E-state index in [2.05, 4.69) is 26.6 Å². The van der Waals surface area contributed by atoms with Gasteiger partial charge in [0.15, 0.2) is 5.43 Å². The highest BCUT2D eigenvalue weighted by atomic mass is 16.5. The maximum Gasteiger partial charge on any atom is 0.189 e. The molecule has 0 fully saturated rings. The van der Waals surface area contributed by atoms with Crippen LogP contribution in [0.3, 0.4) is 0 Å². The fourth-order valence-corrected chi connectivity index (χ4v) is 3.17. The van der Waals surface area contributed by atoms with Crippen molar-refractivity contribution in [3.05, 3.63) is 57.4 Å². The number of hydrogen-bond acceptors (Lipinski definition) is 5. The Labute approximate surface area is 152 Å². The Morgan fingerprint density at radius 1 is 1.31 bits per heavy atom. The van der Waals surface area contributed by atoms with Gasteiger partial charge < -0.3 is 19.6 Å². The number of nitrogens with zero attached hydrogens (tertiary/aromatic N) is 3. The van der Waals surface area contributed by atoms with Crippen LogP contribution in [0.25, 0.3) is 10.9 Å². The third-order valence-corrected chi connectivity index (χ3v) is 4.50. The minimum atomic E-state index is -0.00679. The lowest BCUT2D eigenvalue weighted by Gasteiger charge is -2.15. The lowest BCUT2D eigenvalue weighted by atomic mass is 10.1. The van der Waals surface area contributed by atoms with Gasteiger partial charge >= 0.3 is 0 Å². The Kier molecular flexibility index (Phi) is 5.49. The van der Waals surface area contributed by atoms with Crippen LogP contribution >= 0.6 is 0 Å². The number of aryl methyl sites for hydroxylation is 2. The summed E-state index contributed by atoms with van der Waals surface area (Å²) in [6.07, 6.45) is 1.70. The van der Waals surface area contributed by atoms with Gasteiger partial charge in [0, 0.05) is 37.3 Å². The summed E-state index contributed by atoms with van der Waals surface area (Å²) in [5.74, 6) is 0.844. The molecule has 3 rings (SSSR count). The van der Waals surface area contributed by atoms with Crippen molar-refractivity contribution in [2.24, 2.45) is 0 Å². The first-order valence-corrected chi connectivity index (χ1v) is 8.72. The van der Waals surface area contributed by atoms with Crippen LogP contribution in [0.15, 0.2) is 29.3 Å². The maximum absolute atomic E-state index is 12.5. The second-order valence-corrected chi connectivity index (χ2v) is 6.64. The van der Waals surface area contributed by atoms with Crippen LogP contribution in [-0.4, -0.2) is 33.5 Å². The molecule has 2 N–H and O–H groups in total. The normalized spacial score (nSPS) is 12.6. The second kappa shape index (κ2) is 7.80. The predicted molar refractivity (Wildman–Crippen MR) is 101 cm³/mol. The summed E-state index contributed by atoms with van der Waals surface area (Å²) in [5.41, 5.74) is 3.96. The molecule has 3 aromatic rings. The highest BCUT2D eigenvalue weighted by Crippen LogP contribution is 2.16. The molecule has 7 heteroatoms. The Balaban J connectivity index is 1.78. The molecule has 2 aromatic heterocycles. The van der Waals surface area contributed by atoms with Gasteiger partial charge in [-0.25, -0.2) is 0 Å². The Hall–Kier alpha value is -2.51. The predicted octanol–water partition coefficient (Wildman–Crippen LogP) is 2.23. The van der Waals surface area contributed by atoms with Gasteiger partial charge in [0.05, 0.1) is 18.2 Å². The van der Waals surface area contributed by atoms with E-state index in [4.69, 9.17) is 4.74 Å². The molecule has 0 bridgehead atoms. The molecule has 26 heavy (non-hydrogen) atoms. The third kappa shape index (κ3) is 3.84. The number of nitrogens with one attached hydrogen (secondary N) is 2. The summed E-state index contributed by atoms with van der Waals surface area (Å²) < 4.78 is 7.09. The number of aromatic amines is 1. The van der Waals surface area contributed by atoms with Crippen molar-refractivity contribution in [2.75, 3.05) is 13.7 Å². The summed E-state index contributed by atoms with van der Waals surface area (Å²) in [6.45, 7) is 7.90. The maximum atomic E-state index is 12.5. The number of rotatable bonds is 7. The van der Waals surface area contributed by atoms with Gasteiger partial charge in [-0.3, -0.25) is 4.79 Å². The monoisotopic (exact) mass is 355 g/mol. The summed E-state index contributed by atoms with van der Waals surface area (Å²) in [6, 6.07) is 5.67. The minimum absolute atomic E-state index is 0.00679. The fraction of sp³-hybridized carbons (Fsp3) is 0.421. The van der Waals surface area contributed by atoms with E-state index in [-0.39, 0.29) is 11.5 Å². The number of aromatic nitrogens is 4. The largest absolute Gasteiger partial charge is 0.383 e. The standard InChI is InChI=1S/C19H25N5O2/c1-12-7-13(2)18-16(8-12)17(25)9-15(22-18)10-20-14(3)19-23-21-11-24(19)5-6-26-4/h7-9,11,14,20H,5-6,10H2,1-4H3,(H,22,25)/t14-/m0/s1. The zero-order valence-electron chi connectivity index (χ0n) is 15.7. The van der Waals surface area contributed by atoms with Crippen molar-refractivity contribution in [3.8, 4) is 0 Å². The Morgan fingerprint density at radius 2 is 2.12 bits per heavy atom. The molecule has 0 saturated heterocycles. The lowest BCUT2D eigenvalue weighted by Crippen LogP contribution is -2.23. The van der Waals surface area contributed by atoms with Crippen molar-refractivity contribution >= 4 is 10.9 Å². The summed E-state index contributed by atoms with van der Waals surface area (Å²) in [4.78, 5) is 15.8. The van der Waals surface area contributed by atoms with Crippen LogP contribution in [0, 0.1) is 13.8 Å². The average molecular weight is 355 g/mol. The quantitative estimate of drug-likeness (QED) is 0.679. The van der Waals surface area contributed by atoms with Crippen LogP contribution in [-0.2, 0) is 17.8 Å². The zero-order chi connectivity index (χ0) is 18.7. The van der Waals surface area contributed by atoms with Crippen molar-refractivity contribution < 1.29 is 4.74 Å². The van der Waals surface area contributed by atoms with Gasteiger partial charge in [-0.1, -0.05) is 6.07 Å².